The second kappa shape index (κ2) is 6.17. The Labute approximate surface area is 87.3 Å². The van der Waals surface area contributed by atoms with Gasteiger partial charge in [0.05, 0.1) is 0 Å². The highest BCUT2D eigenvalue weighted by atomic mass is 127. The van der Waals surface area contributed by atoms with Crippen LogP contribution < -0.4 is 0 Å². The molecule has 0 saturated heterocycles. The van der Waals surface area contributed by atoms with Crippen molar-refractivity contribution in [2.75, 3.05) is 0 Å². The van der Waals surface area contributed by atoms with Gasteiger partial charge in [-0.2, -0.15) is 0 Å². The zero-order chi connectivity index (χ0) is 9.56. The highest BCUT2D eigenvalue weighted by Gasteiger charge is 2.00. The monoisotopic (exact) mass is 276 g/mol. The first-order valence-corrected chi connectivity index (χ1v) is 4.83. The smallest absolute Gasteiger partial charge is 0.106 e. The molecule has 0 aromatic heterocycles. The van der Waals surface area contributed by atoms with Crippen molar-refractivity contribution in [3.05, 3.63) is 33.4 Å². The lowest BCUT2D eigenvalue weighted by atomic mass is 10.0. The van der Waals surface area contributed by atoms with Gasteiger partial charge in [0.2, 0.25) is 0 Å². The summed E-state index contributed by atoms with van der Waals surface area (Å²) in [5.41, 5.74) is 1.45. The Morgan fingerprint density at radius 1 is 1.25 bits per heavy atom. The van der Waals surface area contributed by atoms with E-state index in [9.17, 15) is 0 Å². The van der Waals surface area contributed by atoms with Crippen molar-refractivity contribution in [3.8, 4) is 0 Å². The molecule has 0 aliphatic carbocycles. The highest BCUT2D eigenvalue weighted by molar-refractivity contribution is 14.1. The molecule has 0 radical (unpaired) electrons. The zero-order valence-electron chi connectivity index (χ0n) is 7.38. The summed E-state index contributed by atoms with van der Waals surface area (Å²) in [6.07, 6.45) is 0. The van der Waals surface area contributed by atoms with Gasteiger partial charge in [-0.25, -0.2) is 0 Å². The van der Waals surface area contributed by atoms with Crippen molar-refractivity contribution in [1.29, 1.82) is 0 Å². The Hall–Kier alpha value is -0.380. The average molecular weight is 276 g/mol. The van der Waals surface area contributed by atoms with Gasteiger partial charge in [0.1, 0.15) is 6.79 Å². The lowest BCUT2D eigenvalue weighted by Crippen LogP contribution is -1.89. The first kappa shape index (κ1) is 11.6. The molecule has 1 nitrogen and oxygen atoms in total. The van der Waals surface area contributed by atoms with E-state index in [-0.39, 0.29) is 0 Å². The molecule has 1 rings (SSSR count). The summed E-state index contributed by atoms with van der Waals surface area (Å²) in [6.45, 7) is 6.44. The first-order chi connectivity index (χ1) is 5.72. The fraction of sp³-hybridized carbons (Fsp3) is 0.300. The molecule has 0 amide bonds. The zero-order valence-corrected chi connectivity index (χ0v) is 9.54. The Balaban J connectivity index is 0.000000561. The van der Waals surface area contributed by atoms with E-state index in [4.69, 9.17) is 4.79 Å². The van der Waals surface area contributed by atoms with Crippen molar-refractivity contribution < 1.29 is 4.79 Å². The number of carbonyl (C=O) groups is 1. The molecule has 0 N–H and O–H groups in total. The van der Waals surface area contributed by atoms with Crippen molar-refractivity contribution in [2.24, 2.45) is 0 Å². The molecule has 2 heteroatoms. The predicted molar refractivity (Wildman–Crippen MR) is 60.4 cm³/mol. The van der Waals surface area contributed by atoms with Crippen LogP contribution in [-0.2, 0) is 4.79 Å². The van der Waals surface area contributed by atoms with Gasteiger partial charge in [-0.15, -0.1) is 0 Å². The standard InChI is InChI=1S/C9H11I.CH2O/c1-7(2)8-5-3-4-6-9(8)10;1-2/h3-7H,1-2H3;1H2. The number of halogens is 1. The molecule has 0 bridgehead atoms. The molecule has 0 spiro atoms. The summed E-state index contributed by atoms with van der Waals surface area (Å²) in [5, 5.41) is 0. The van der Waals surface area contributed by atoms with Gasteiger partial charge in [-0.3, -0.25) is 0 Å². The van der Waals surface area contributed by atoms with Gasteiger partial charge in [0.15, 0.2) is 0 Å². The predicted octanol–water partition coefficient (Wildman–Crippen LogP) is 3.23. The number of carbonyl (C=O) groups excluding carboxylic acids is 1. The van der Waals surface area contributed by atoms with Crippen molar-refractivity contribution in [2.45, 2.75) is 19.8 Å². The van der Waals surface area contributed by atoms with E-state index >= 15 is 0 Å². The Kier molecular flexibility index (Phi) is 5.98. The van der Waals surface area contributed by atoms with E-state index in [2.05, 4.69) is 60.7 Å². The molecule has 0 fully saturated rings. The number of hydrogen-bond donors (Lipinski definition) is 0. The van der Waals surface area contributed by atoms with Crippen LogP contribution in [0, 0.1) is 3.57 Å². The minimum atomic E-state index is 0.646. The van der Waals surface area contributed by atoms with Gasteiger partial charge in [-0.1, -0.05) is 32.0 Å². The maximum absolute atomic E-state index is 8.00. The van der Waals surface area contributed by atoms with Crippen LogP contribution in [0.25, 0.3) is 0 Å². The van der Waals surface area contributed by atoms with Crippen molar-refractivity contribution in [3.63, 3.8) is 0 Å². The summed E-state index contributed by atoms with van der Waals surface area (Å²) in [5.74, 6) is 0.646. The number of rotatable bonds is 1. The molecule has 0 saturated carbocycles. The SMILES string of the molecule is C=O.CC(C)c1ccccc1I. The number of hydrogen-bond acceptors (Lipinski definition) is 1. The molecule has 0 unspecified atom stereocenters. The van der Waals surface area contributed by atoms with E-state index in [1.54, 1.807) is 0 Å². The third-order valence-electron chi connectivity index (χ3n) is 1.53. The summed E-state index contributed by atoms with van der Waals surface area (Å²) < 4.78 is 1.37. The molecular weight excluding hydrogens is 263 g/mol. The summed E-state index contributed by atoms with van der Waals surface area (Å²) in [4.78, 5) is 8.00. The molecule has 0 heterocycles. The van der Waals surface area contributed by atoms with Gasteiger partial charge >= 0.3 is 0 Å². The van der Waals surface area contributed by atoms with Crippen LogP contribution in [0.2, 0.25) is 0 Å². The van der Waals surface area contributed by atoms with E-state index in [0.717, 1.165) is 0 Å². The van der Waals surface area contributed by atoms with E-state index in [1.165, 1.54) is 9.13 Å². The Bertz CT molecular complexity index is 233. The Morgan fingerprint density at radius 3 is 2.08 bits per heavy atom. The largest absolute Gasteiger partial charge is 0.307 e. The molecule has 66 valence electrons. The fourth-order valence-corrected chi connectivity index (χ4v) is 1.95. The second-order valence-electron chi connectivity index (χ2n) is 2.68. The molecular formula is C10H13IO. The summed E-state index contributed by atoms with van der Waals surface area (Å²) in [6, 6.07) is 8.51. The molecule has 0 aliphatic heterocycles. The summed E-state index contributed by atoms with van der Waals surface area (Å²) >= 11 is 2.38. The fourth-order valence-electron chi connectivity index (χ4n) is 0.943. The topological polar surface area (TPSA) is 17.1 Å². The van der Waals surface area contributed by atoms with Gasteiger partial charge in [0.25, 0.3) is 0 Å². The van der Waals surface area contributed by atoms with Crippen LogP contribution in [0.15, 0.2) is 24.3 Å². The van der Waals surface area contributed by atoms with Crippen LogP contribution in [0.4, 0.5) is 0 Å². The maximum atomic E-state index is 8.00. The maximum Gasteiger partial charge on any atom is 0.106 e. The lowest BCUT2D eigenvalue weighted by Gasteiger charge is -2.06. The Morgan fingerprint density at radius 2 is 1.75 bits per heavy atom. The minimum Gasteiger partial charge on any atom is -0.307 e. The van der Waals surface area contributed by atoms with Crippen LogP contribution in [0.5, 0.6) is 0 Å². The van der Waals surface area contributed by atoms with Crippen molar-refractivity contribution in [1.82, 2.24) is 0 Å². The highest BCUT2D eigenvalue weighted by Crippen LogP contribution is 2.19. The average Bonchev–Trinajstić information content (AvgIpc) is 2.08. The van der Waals surface area contributed by atoms with Gasteiger partial charge in [0, 0.05) is 3.57 Å². The molecule has 0 aliphatic rings. The first-order valence-electron chi connectivity index (χ1n) is 3.75. The van der Waals surface area contributed by atoms with Gasteiger partial charge in [-0.05, 0) is 40.1 Å². The minimum absolute atomic E-state index is 0.646. The lowest BCUT2D eigenvalue weighted by molar-refractivity contribution is -0.0979. The van der Waals surface area contributed by atoms with E-state index < -0.39 is 0 Å². The molecule has 12 heavy (non-hydrogen) atoms. The normalized spacial score (nSPS) is 9.00. The molecule has 1 aromatic carbocycles. The third-order valence-corrected chi connectivity index (χ3v) is 2.51. The molecule has 1 aromatic rings. The van der Waals surface area contributed by atoms with Crippen LogP contribution in [-0.4, -0.2) is 6.79 Å². The van der Waals surface area contributed by atoms with Crippen molar-refractivity contribution >= 4 is 29.4 Å². The van der Waals surface area contributed by atoms with Gasteiger partial charge < -0.3 is 4.79 Å². The summed E-state index contributed by atoms with van der Waals surface area (Å²) in [7, 11) is 0. The van der Waals surface area contributed by atoms with Crippen LogP contribution >= 0.6 is 22.6 Å². The van der Waals surface area contributed by atoms with E-state index in [1.807, 2.05) is 6.79 Å². The quantitative estimate of drug-likeness (QED) is 0.720. The molecule has 0 atom stereocenters. The number of benzene rings is 1. The van der Waals surface area contributed by atoms with Crippen LogP contribution in [0.1, 0.15) is 25.3 Å². The second-order valence-corrected chi connectivity index (χ2v) is 3.84. The van der Waals surface area contributed by atoms with E-state index in [0.29, 0.717) is 5.92 Å². The van der Waals surface area contributed by atoms with Crippen LogP contribution in [0.3, 0.4) is 0 Å². The third kappa shape index (κ3) is 3.34.